The van der Waals surface area contributed by atoms with Crippen molar-refractivity contribution >= 4 is 17.1 Å². The molecule has 2 aliphatic carbocycles. The maximum atomic E-state index is 5.18. The van der Waals surface area contributed by atoms with Gasteiger partial charge in [0.15, 0.2) is 0 Å². The first-order valence-electron chi connectivity index (χ1n) is 3.94. The van der Waals surface area contributed by atoms with Crippen molar-refractivity contribution in [3.63, 3.8) is 0 Å². The number of rotatable bonds is 0. The third-order valence-corrected chi connectivity index (χ3v) is 3.08. The average Bonchev–Trinajstić information content (AvgIpc) is 2.21. The van der Waals surface area contributed by atoms with Crippen molar-refractivity contribution < 1.29 is 0 Å². The van der Waals surface area contributed by atoms with Crippen LogP contribution in [-0.2, 0) is 0 Å². The normalized spacial score (nSPS) is 38.8. The number of hydrogen-bond acceptors (Lipinski definition) is 1. The van der Waals surface area contributed by atoms with E-state index in [0.29, 0.717) is 0 Å². The lowest BCUT2D eigenvalue weighted by atomic mass is 10.0. The molecule has 0 aromatic heterocycles. The van der Waals surface area contributed by atoms with Crippen molar-refractivity contribution in [1.82, 2.24) is 0 Å². The largest absolute Gasteiger partial charge is 0.0998 e. The Bertz CT molecular complexity index is 155. The highest BCUT2D eigenvalue weighted by atomic mass is 32.1. The Morgan fingerprint density at radius 1 is 1.10 bits per heavy atom. The molecule has 0 bridgehead atoms. The number of hydrogen-bond donors (Lipinski definition) is 0. The molecular weight excluding hydrogens is 140 g/mol. The van der Waals surface area contributed by atoms with Gasteiger partial charge in [-0.25, -0.2) is 0 Å². The summed E-state index contributed by atoms with van der Waals surface area (Å²) in [7, 11) is 0. The third-order valence-electron chi connectivity index (χ3n) is 2.75. The van der Waals surface area contributed by atoms with E-state index in [0.717, 1.165) is 11.8 Å². The zero-order valence-corrected chi connectivity index (χ0v) is 6.91. The Kier molecular flexibility index (Phi) is 1.41. The summed E-state index contributed by atoms with van der Waals surface area (Å²) in [6, 6.07) is 0. The highest BCUT2D eigenvalue weighted by Crippen LogP contribution is 2.44. The zero-order chi connectivity index (χ0) is 7.14. The fourth-order valence-electron chi connectivity index (χ4n) is 2.30. The van der Waals surface area contributed by atoms with E-state index in [4.69, 9.17) is 12.2 Å². The number of allylic oxidation sites excluding steroid dienone is 1. The van der Waals surface area contributed by atoms with Crippen LogP contribution in [-0.4, -0.2) is 4.86 Å². The molecule has 0 saturated heterocycles. The fraction of sp³-hybridized carbons (Fsp3) is 0.667. The first-order chi connectivity index (χ1) is 4.75. The average molecular weight is 152 g/mol. The van der Waals surface area contributed by atoms with E-state index in [-0.39, 0.29) is 0 Å². The van der Waals surface area contributed by atoms with Gasteiger partial charge in [0.1, 0.15) is 0 Å². The maximum Gasteiger partial charge on any atom is -0.00655 e. The Morgan fingerprint density at radius 3 is 2.10 bits per heavy atom. The lowest BCUT2D eigenvalue weighted by Gasteiger charge is -2.03. The Hall–Kier alpha value is -0.170. The van der Waals surface area contributed by atoms with E-state index >= 15 is 0 Å². The molecule has 2 fully saturated rings. The van der Waals surface area contributed by atoms with E-state index < -0.39 is 0 Å². The lowest BCUT2D eigenvalue weighted by Crippen LogP contribution is -1.95. The van der Waals surface area contributed by atoms with Crippen LogP contribution in [0, 0.1) is 11.8 Å². The van der Waals surface area contributed by atoms with E-state index in [1.54, 1.807) is 0 Å². The molecule has 0 radical (unpaired) electrons. The van der Waals surface area contributed by atoms with Crippen LogP contribution >= 0.6 is 12.2 Å². The molecule has 2 aliphatic rings. The first kappa shape index (κ1) is 6.53. The molecule has 0 N–H and O–H groups in total. The smallest absolute Gasteiger partial charge is 0.00655 e. The van der Waals surface area contributed by atoms with Crippen LogP contribution in [0.15, 0.2) is 12.2 Å². The number of thiocarbonyl (C=S) groups is 1. The molecule has 2 saturated carbocycles. The van der Waals surface area contributed by atoms with Gasteiger partial charge < -0.3 is 0 Å². The summed E-state index contributed by atoms with van der Waals surface area (Å²) in [6.07, 6.45) is 4.92. The molecule has 1 heteroatoms. The summed E-state index contributed by atoms with van der Waals surface area (Å²) >= 11 is 5.18. The molecule has 0 aromatic rings. The molecule has 0 aliphatic heterocycles. The summed E-state index contributed by atoms with van der Waals surface area (Å²) < 4.78 is 0. The molecule has 0 heterocycles. The van der Waals surface area contributed by atoms with Crippen molar-refractivity contribution in [3.8, 4) is 0 Å². The van der Waals surface area contributed by atoms with Crippen LogP contribution in [0.1, 0.15) is 25.7 Å². The van der Waals surface area contributed by atoms with Crippen molar-refractivity contribution in [2.24, 2.45) is 11.8 Å². The fourth-order valence-corrected chi connectivity index (χ4v) is 2.73. The third kappa shape index (κ3) is 0.929. The molecule has 2 atom stereocenters. The van der Waals surface area contributed by atoms with Gasteiger partial charge in [0.25, 0.3) is 0 Å². The van der Waals surface area contributed by atoms with Crippen LogP contribution in [0.25, 0.3) is 0 Å². The minimum absolute atomic E-state index is 0.889. The predicted molar refractivity (Wildman–Crippen MR) is 47.2 cm³/mol. The molecule has 0 aromatic carbocycles. The van der Waals surface area contributed by atoms with Crippen molar-refractivity contribution in [3.05, 3.63) is 12.2 Å². The second kappa shape index (κ2) is 2.16. The summed E-state index contributed by atoms with van der Waals surface area (Å²) in [5.74, 6) is 1.78. The molecule has 0 amide bonds. The van der Waals surface area contributed by atoms with Gasteiger partial charge in [0.2, 0.25) is 0 Å². The quantitative estimate of drug-likeness (QED) is 0.380. The summed E-state index contributed by atoms with van der Waals surface area (Å²) in [5.41, 5.74) is 1.46. The zero-order valence-electron chi connectivity index (χ0n) is 6.10. The molecule has 2 unspecified atom stereocenters. The van der Waals surface area contributed by atoms with Crippen LogP contribution in [0.3, 0.4) is 0 Å². The first-order valence-corrected chi connectivity index (χ1v) is 4.35. The van der Waals surface area contributed by atoms with Gasteiger partial charge in [-0.05, 0) is 42.4 Å². The van der Waals surface area contributed by atoms with Crippen molar-refractivity contribution in [2.45, 2.75) is 25.7 Å². The Morgan fingerprint density at radius 2 is 1.60 bits per heavy atom. The standard InChI is InChI=1S/C9H12S/c1-6-2-7-4-9(10)5-8(7)3-6/h7-8H,1-5H2. The van der Waals surface area contributed by atoms with E-state index in [1.165, 1.54) is 36.1 Å². The highest BCUT2D eigenvalue weighted by Gasteiger charge is 2.35. The number of fused-ring (bicyclic) bond motifs is 1. The van der Waals surface area contributed by atoms with Gasteiger partial charge in [-0.2, -0.15) is 0 Å². The monoisotopic (exact) mass is 152 g/mol. The van der Waals surface area contributed by atoms with E-state index in [1.807, 2.05) is 0 Å². The summed E-state index contributed by atoms with van der Waals surface area (Å²) in [4.78, 5) is 1.31. The maximum absolute atomic E-state index is 5.18. The van der Waals surface area contributed by atoms with Gasteiger partial charge in [-0.3, -0.25) is 0 Å². The van der Waals surface area contributed by atoms with Crippen LogP contribution in [0.4, 0.5) is 0 Å². The van der Waals surface area contributed by atoms with Crippen LogP contribution < -0.4 is 0 Å². The Labute approximate surface area is 67.3 Å². The molecule has 54 valence electrons. The van der Waals surface area contributed by atoms with Gasteiger partial charge in [0.05, 0.1) is 0 Å². The topological polar surface area (TPSA) is 0 Å². The van der Waals surface area contributed by atoms with Crippen molar-refractivity contribution in [1.29, 1.82) is 0 Å². The van der Waals surface area contributed by atoms with Gasteiger partial charge in [0, 0.05) is 0 Å². The molecule has 10 heavy (non-hydrogen) atoms. The van der Waals surface area contributed by atoms with Crippen molar-refractivity contribution in [2.75, 3.05) is 0 Å². The minimum Gasteiger partial charge on any atom is -0.0998 e. The lowest BCUT2D eigenvalue weighted by molar-refractivity contribution is 0.457. The molecular formula is C9H12S. The van der Waals surface area contributed by atoms with Crippen LogP contribution in [0.5, 0.6) is 0 Å². The van der Waals surface area contributed by atoms with Gasteiger partial charge in [-0.15, -0.1) is 0 Å². The summed E-state index contributed by atoms with van der Waals surface area (Å²) in [6.45, 7) is 4.02. The van der Waals surface area contributed by atoms with E-state index in [2.05, 4.69) is 6.58 Å². The highest BCUT2D eigenvalue weighted by molar-refractivity contribution is 7.80. The summed E-state index contributed by atoms with van der Waals surface area (Å²) in [5, 5.41) is 0. The molecule has 0 spiro atoms. The second-order valence-electron chi connectivity index (χ2n) is 3.63. The van der Waals surface area contributed by atoms with E-state index in [9.17, 15) is 0 Å². The second-order valence-corrected chi connectivity index (χ2v) is 4.20. The van der Waals surface area contributed by atoms with Gasteiger partial charge in [-0.1, -0.05) is 24.4 Å². The SMILES string of the molecule is C=C1CC2CC(=S)CC2C1. The molecule has 2 rings (SSSR count). The molecule has 0 nitrogen and oxygen atoms in total. The van der Waals surface area contributed by atoms with Gasteiger partial charge >= 0.3 is 0 Å². The Balaban J connectivity index is 2.12. The van der Waals surface area contributed by atoms with Crippen LogP contribution in [0.2, 0.25) is 0 Å². The minimum atomic E-state index is 0.889. The predicted octanol–water partition coefficient (Wildman–Crippen LogP) is 2.73.